The van der Waals surface area contributed by atoms with Crippen LogP contribution < -0.4 is 0 Å². The van der Waals surface area contributed by atoms with Gasteiger partial charge in [0.05, 0.1) is 0 Å². The van der Waals surface area contributed by atoms with E-state index in [9.17, 15) is 14.0 Å². The number of ketones is 1. The van der Waals surface area contributed by atoms with Gasteiger partial charge in [0, 0.05) is 29.8 Å². The molecule has 164 valence electrons. The zero-order chi connectivity index (χ0) is 22.9. The summed E-state index contributed by atoms with van der Waals surface area (Å²) in [7, 11) is 0. The average Bonchev–Trinajstić information content (AvgIpc) is 2.85. The topological polar surface area (TPSA) is 59.0 Å². The lowest BCUT2D eigenvalue weighted by molar-refractivity contribution is 0.103. The predicted octanol–water partition coefficient (Wildman–Crippen LogP) is 5.74. The number of carbonyl (C=O) groups excluding carboxylic acids is 2. The van der Waals surface area contributed by atoms with Crippen LogP contribution in [0.3, 0.4) is 0 Å². The van der Waals surface area contributed by atoms with Gasteiger partial charge in [-0.3, -0.25) is 9.63 Å². The minimum atomic E-state index is -0.887. The van der Waals surface area contributed by atoms with Crippen molar-refractivity contribution in [1.82, 2.24) is 4.90 Å². The first kappa shape index (κ1) is 22.9. The molecule has 0 bridgehead atoms. The minimum Gasteiger partial charge on any atom is -0.307 e. The maximum absolute atomic E-state index is 13.7. The van der Waals surface area contributed by atoms with Crippen molar-refractivity contribution in [3.8, 4) is 11.1 Å². The zero-order valence-electron chi connectivity index (χ0n) is 18.1. The molecule has 0 saturated carbocycles. The van der Waals surface area contributed by atoms with Gasteiger partial charge in [-0.25, -0.2) is 9.18 Å². The molecule has 0 unspecified atom stereocenters. The molecule has 1 amide bonds. The van der Waals surface area contributed by atoms with Crippen LogP contribution in [0.1, 0.15) is 35.3 Å². The second-order valence-electron chi connectivity index (χ2n) is 7.06. The molecule has 0 atom stereocenters. The van der Waals surface area contributed by atoms with Gasteiger partial charge >= 0.3 is 6.09 Å². The van der Waals surface area contributed by atoms with E-state index in [1.807, 2.05) is 50.2 Å². The Balaban J connectivity index is 1.86. The first-order chi connectivity index (χ1) is 15.6. The van der Waals surface area contributed by atoms with Crippen LogP contribution in [0.2, 0.25) is 0 Å². The van der Waals surface area contributed by atoms with Gasteiger partial charge in [-0.05, 0) is 37.1 Å². The highest BCUT2D eigenvalue weighted by Gasteiger charge is 2.14. The van der Waals surface area contributed by atoms with Crippen molar-refractivity contribution < 1.29 is 18.8 Å². The van der Waals surface area contributed by atoms with Crippen LogP contribution in [0.5, 0.6) is 0 Å². The molecule has 0 aliphatic rings. The van der Waals surface area contributed by atoms with E-state index in [1.54, 1.807) is 42.5 Å². The second-order valence-corrected chi connectivity index (χ2v) is 7.06. The molecule has 3 rings (SSSR count). The van der Waals surface area contributed by atoms with Crippen molar-refractivity contribution in [2.24, 2.45) is 5.16 Å². The Bertz CT molecular complexity index is 1110. The number of alkyl halides is 1. The van der Waals surface area contributed by atoms with E-state index in [0.717, 1.165) is 11.1 Å². The van der Waals surface area contributed by atoms with Crippen LogP contribution in [0.4, 0.5) is 9.18 Å². The van der Waals surface area contributed by atoms with Crippen LogP contribution in [0.15, 0.2) is 84.0 Å². The van der Waals surface area contributed by atoms with Gasteiger partial charge in [0.1, 0.15) is 12.4 Å². The third kappa shape index (κ3) is 5.46. The molecule has 3 aromatic rings. The maximum Gasteiger partial charge on any atom is 0.435 e. The Labute approximate surface area is 187 Å². The highest BCUT2D eigenvalue weighted by atomic mass is 19.1. The smallest absolute Gasteiger partial charge is 0.307 e. The number of rotatable bonds is 8. The summed E-state index contributed by atoms with van der Waals surface area (Å²) >= 11 is 0. The van der Waals surface area contributed by atoms with E-state index in [4.69, 9.17) is 4.84 Å². The predicted molar refractivity (Wildman–Crippen MR) is 124 cm³/mol. The maximum atomic E-state index is 13.7. The number of oxime groups is 1. The van der Waals surface area contributed by atoms with Gasteiger partial charge in [-0.1, -0.05) is 71.9 Å². The normalized spacial score (nSPS) is 11.2. The number of hydrogen-bond donors (Lipinski definition) is 0. The SMILES string of the molecule is CCN(CC)C(=O)O/N=C(\CF)c1cccc(-c2cccc(C(=O)c3ccccc3)c2)c1. The summed E-state index contributed by atoms with van der Waals surface area (Å²) in [6, 6.07) is 23.4. The molecule has 3 aromatic carbocycles. The Kier molecular flexibility index (Phi) is 7.86. The van der Waals surface area contributed by atoms with Crippen LogP contribution in [-0.2, 0) is 4.84 Å². The van der Waals surface area contributed by atoms with Gasteiger partial charge < -0.3 is 4.90 Å². The number of amides is 1. The van der Waals surface area contributed by atoms with Gasteiger partial charge in [-0.15, -0.1) is 0 Å². The van der Waals surface area contributed by atoms with E-state index in [1.165, 1.54) is 4.90 Å². The minimum absolute atomic E-state index is 0.0175. The van der Waals surface area contributed by atoms with Crippen molar-refractivity contribution in [1.29, 1.82) is 0 Å². The Morgan fingerprint density at radius 2 is 1.38 bits per heavy atom. The lowest BCUT2D eigenvalue weighted by atomic mass is 9.97. The third-order valence-corrected chi connectivity index (χ3v) is 5.07. The number of hydrogen-bond acceptors (Lipinski definition) is 4. The average molecular weight is 432 g/mol. The van der Waals surface area contributed by atoms with Crippen LogP contribution in [0, 0.1) is 0 Å². The second kappa shape index (κ2) is 11.0. The molecule has 0 spiro atoms. The number of benzene rings is 3. The summed E-state index contributed by atoms with van der Waals surface area (Å²) in [6.45, 7) is 3.71. The summed E-state index contributed by atoms with van der Waals surface area (Å²) in [5, 5.41) is 3.75. The van der Waals surface area contributed by atoms with Crippen molar-refractivity contribution in [2.75, 3.05) is 19.8 Å². The molecular formula is C26H25FN2O3. The largest absolute Gasteiger partial charge is 0.435 e. The lowest BCUT2D eigenvalue weighted by Gasteiger charge is -2.15. The van der Waals surface area contributed by atoms with Crippen molar-refractivity contribution >= 4 is 17.6 Å². The summed E-state index contributed by atoms with van der Waals surface area (Å²) < 4.78 is 13.7. The van der Waals surface area contributed by atoms with E-state index < -0.39 is 12.8 Å². The van der Waals surface area contributed by atoms with Crippen molar-refractivity contribution in [2.45, 2.75) is 13.8 Å². The standard InChI is InChI=1S/C26H25FN2O3/c1-3-29(4-2)26(31)32-28-24(18-27)22-14-8-12-20(16-22)21-13-9-15-23(17-21)25(30)19-10-6-5-7-11-19/h5-17H,3-4,18H2,1-2H3/b28-24+. The summed E-state index contributed by atoms with van der Waals surface area (Å²) in [5.41, 5.74) is 3.29. The highest BCUT2D eigenvalue weighted by Crippen LogP contribution is 2.23. The fourth-order valence-corrected chi connectivity index (χ4v) is 3.26. The van der Waals surface area contributed by atoms with Gasteiger partial charge in [0.2, 0.25) is 0 Å². The van der Waals surface area contributed by atoms with Crippen LogP contribution in [0.25, 0.3) is 11.1 Å². The molecule has 0 aliphatic carbocycles. The molecule has 0 aliphatic heterocycles. The Hall–Kier alpha value is -3.80. The number of halogens is 1. The Morgan fingerprint density at radius 1 is 0.812 bits per heavy atom. The molecule has 0 heterocycles. The molecule has 0 N–H and O–H groups in total. The van der Waals surface area contributed by atoms with Gasteiger partial charge in [-0.2, -0.15) is 0 Å². The molecule has 0 radical (unpaired) electrons. The van der Waals surface area contributed by atoms with E-state index in [-0.39, 0.29) is 11.5 Å². The van der Waals surface area contributed by atoms with Crippen molar-refractivity contribution in [3.05, 3.63) is 95.6 Å². The van der Waals surface area contributed by atoms with Crippen molar-refractivity contribution in [3.63, 3.8) is 0 Å². The fraction of sp³-hybridized carbons (Fsp3) is 0.192. The van der Waals surface area contributed by atoms with E-state index >= 15 is 0 Å². The van der Waals surface area contributed by atoms with E-state index in [2.05, 4.69) is 5.16 Å². The molecule has 0 fully saturated rings. The first-order valence-corrected chi connectivity index (χ1v) is 10.5. The number of nitrogens with zero attached hydrogens (tertiary/aromatic N) is 2. The molecule has 6 heteroatoms. The summed E-state index contributed by atoms with van der Waals surface area (Å²) in [5.74, 6) is -0.0714. The molecule has 0 aromatic heterocycles. The molecule has 0 saturated heterocycles. The quantitative estimate of drug-likeness (QED) is 0.197. The third-order valence-electron chi connectivity index (χ3n) is 5.07. The molecular weight excluding hydrogens is 407 g/mol. The molecule has 5 nitrogen and oxygen atoms in total. The fourth-order valence-electron chi connectivity index (χ4n) is 3.26. The number of carbonyl (C=O) groups is 2. The molecule has 32 heavy (non-hydrogen) atoms. The van der Waals surface area contributed by atoms with Gasteiger partial charge in [0.15, 0.2) is 5.78 Å². The highest BCUT2D eigenvalue weighted by molar-refractivity contribution is 6.09. The van der Waals surface area contributed by atoms with Crippen LogP contribution in [-0.4, -0.2) is 42.3 Å². The lowest BCUT2D eigenvalue weighted by Crippen LogP contribution is -2.30. The first-order valence-electron chi connectivity index (χ1n) is 10.5. The monoisotopic (exact) mass is 432 g/mol. The Morgan fingerprint density at radius 3 is 1.97 bits per heavy atom. The van der Waals surface area contributed by atoms with E-state index in [0.29, 0.717) is 29.8 Å². The van der Waals surface area contributed by atoms with Crippen LogP contribution >= 0.6 is 0 Å². The zero-order valence-corrected chi connectivity index (χ0v) is 18.1. The summed E-state index contributed by atoms with van der Waals surface area (Å²) in [6.07, 6.45) is -0.621. The summed E-state index contributed by atoms with van der Waals surface area (Å²) in [4.78, 5) is 31.2. The van der Waals surface area contributed by atoms with Gasteiger partial charge in [0.25, 0.3) is 0 Å².